The molecule has 23 heavy (non-hydrogen) atoms. The van der Waals surface area contributed by atoms with Gasteiger partial charge in [0, 0.05) is 26.7 Å². The zero-order valence-electron chi connectivity index (χ0n) is 14.1. The minimum absolute atomic E-state index is 0. The topological polar surface area (TPSA) is 36.9 Å². The first kappa shape index (κ1) is 20.0. The fourth-order valence-corrected chi connectivity index (χ4v) is 2.62. The second kappa shape index (κ2) is 9.30. The lowest BCUT2D eigenvalue weighted by Crippen LogP contribution is -2.41. The van der Waals surface area contributed by atoms with Gasteiger partial charge in [0.1, 0.15) is 11.6 Å². The van der Waals surface area contributed by atoms with Gasteiger partial charge in [0.25, 0.3) is 0 Å². The highest BCUT2D eigenvalue weighted by Crippen LogP contribution is 2.28. The maximum atomic E-state index is 12.8. The van der Waals surface area contributed by atoms with Crippen molar-refractivity contribution in [3.8, 4) is 5.75 Å². The Kier molecular flexibility index (Phi) is 8.08. The van der Waals surface area contributed by atoms with Crippen molar-refractivity contribution in [3.63, 3.8) is 0 Å². The van der Waals surface area contributed by atoms with Gasteiger partial charge >= 0.3 is 0 Å². The first-order valence-electron chi connectivity index (χ1n) is 7.84. The normalized spacial score (nSPS) is 16.9. The number of likely N-dealkylation sites (tertiary alicyclic amines) is 1. The maximum absolute atomic E-state index is 12.8. The fourth-order valence-electron chi connectivity index (χ4n) is 2.62. The van der Waals surface area contributed by atoms with Crippen LogP contribution in [0.15, 0.2) is 29.3 Å². The summed E-state index contributed by atoms with van der Waals surface area (Å²) < 4.78 is 18.4. The molecule has 1 aromatic carbocycles. The summed E-state index contributed by atoms with van der Waals surface area (Å²) in [4.78, 5) is 6.66. The van der Waals surface area contributed by atoms with Crippen LogP contribution in [-0.4, -0.2) is 44.1 Å². The number of aliphatic imine (C=N–C) groups is 1. The van der Waals surface area contributed by atoms with Gasteiger partial charge < -0.3 is 15.0 Å². The van der Waals surface area contributed by atoms with E-state index < -0.39 is 0 Å². The Labute approximate surface area is 155 Å². The van der Waals surface area contributed by atoms with Crippen LogP contribution in [0.1, 0.15) is 26.7 Å². The molecule has 1 saturated heterocycles. The Hall–Kier alpha value is -1.05. The van der Waals surface area contributed by atoms with Crippen LogP contribution in [0.4, 0.5) is 4.39 Å². The van der Waals surface area contributed by atoms with Crippen LogP contribution in [0.2, 0.25) is 0 Å². The minimum atomic E-state index is -0.244. The first-order valence-corrected chi connectivity index (χ1v) is 7.84. The Bertz CT molecular complexity index is 505. The lowest BCUT2D eigenvalue weighted by molar-refractivity contribution is 0.309. The highest BCUT2D eigenvalue weighted by molar-refractivity contribution is 14.0. The van der Waals surface area contributed by atoms with E-state index in [9.17, 15) is 4.39 Å². The molecule has 0 spiro atoms. The van der Waals surface area contributed by atoms with Crippen molar-refractivity contribution in [2.24, 2.45) is 10.4 Å². The number of guanidine groups is 1. The molecule has 0 amide bonds. The summed E-state index contributed by atoms with van der Waals surface area (Å²) in [7, 11) is 1.82. The van der Waals surface area contributed by atoms with Crippen LogP contribution in [-0.2, 0) is 0 Å². The number of nitrogens with one attached hydrogen (secondary N) is 1. The molecule has 0 aromatic heterocycles. The molecular formula is C17H27FIN3O. The molecule has 0 bridgehead atoms. The number of rotatable bonds is 5. The summed E-state index contributed by atoms with van der Waals surface area (Å²) in [6, 6.07) is 6.11. The van der Waals surface area contributed by atoms with Gasteiger partial charge in [0.05, 0.1) is 6.61 Å². The van der Waals surface area contributed by atoms with Gasteiger partial charge in [-0.1, -0.05) is 13.8 Å². The van der Waals surface area contributed by atoms with Crippen molar-refractivity contribution in [2.45, 2.75) is 26.7 Å². The molecule has 130 valence electrons. The van der Waals surface area contributed by atoms with E-state index >= 15 is 0 Å². The van der Waals surface area contributed by atoms with Crippen LogP contribution in [0.5, 0.6) is 5.75 Å². The van der Waals surface area contributed by atoms with E-state index in [-0.39, 0.29) is 29.8 Å². The predicted molar refractivity (Wildman–Crippen MR) is 103 cm³/mol. The van der Waals surface area contributed by atoms with E-state index in [4.69, 9.17) is 4.74 Å². The number of benzene rings is 1. The van der Waals surface area contributed by atoms with Gasteiger partial charge in [0.2, 0.25) is 0 Å². The van der Waals surface area contributed by atoms with Crippen molar-refractivity contribution in [1.82, 2.24) is 10.2 Å². The first-order chi connectivity index (χ1) is 10.5. The molecule has 2 rings (SSSR count). The average molecular weight is 435 g/mol. The summed E-state index contributed by atoms with van der Waals surface area (Å²) >= 11 is 0. The molecule has 1 aliphatic heterocycles. The van der Waals surface area contributed by atoms with Gasteiger partial charge in [0.15, 0.2) is 5.96 Å². The molecule has 1 aliphatic rings. The maximum Gasteiger partial charge on any atom is 0.193 e. The van der Waals surface area contributed by atoms with E-state index in [0.29, 0.717) is 17.8 Å². The van der Waals surface area contributed by atoms with Crippen LogP contribution in [0.3, 0.4) is 0 Å². The minimum Gasteiger partial charge on any atom is -0.494 e. The van der Waals surface area contributed by atoms with E-state index in [1.165, 1.54) is 18.6 Å². The Morgan fingerprint density at radius 2 is 2.04 bits per heavy atom. The van der Waals surface area contributed by atoms with Crippen molar-refractivity contribution in [1.29, 1.82) is 0 Å². The second-order valence-corrected chi connectivity index (χ2v) is 6.47. The smallest absolute Gasteiger partial charge is 0.193 e. The Morgan fingerprint density at radius 1 is 1.35 bits per heavy atom. The SMILES string of the molecule is CN=C(NCCCOc1ccc(F)cc1)N1CCC(C)(C)C1.I. The Balaban J connectivity index is 0.00000264. The molecule has 1 heterocycles. The summed E-state index contributed by atoms with van der Waals surface area (Å²) in [5.41, 5.74) is 0.364. The van der Waals surface area contributed by atoms with E-state index in [2.05, 4.69) is 29.1 Å². The molecule has 0 radical (unpaired) electrons. The molecule has 1 N–H and O–H groups in total. The third-order valence-corrected chi connectivity index (χ3v) is 3.88. The third-order valence-electron chi connectivity index (χ3n) is 3.88. The number of hydrogen-bond donors (Lipinski definition) is 1. The highest BCUT2D eigenvalue weighted by atomic mass is 127. The molecular weight excluding hydrogens is 408 g/mol. The monoisotopic (exact) mass is 435 g/mol. The van der Waals surface area contributed by atoms with Crippen LogP contribution >= 0.6 is 24.0 Å². The van der Waals surface area contributed by atoms with Gasteiger partial charge in [-0.15, -0.1) is 24.0 Å². The quantitative estimate of drug-likeness (QED) is 0.333. The predicted octanol–water partition coefficient (Wildman–Crippen LogP) is 3.52. The molecule has 1 aromatic rings. The second-order valence-electron chi connectivity index (χ2n) is 6.47. The lowest BCUT2D eigenvalue weighted by Gasteiger charge is -2.23. The molecule has 6 heteroatoms. The van der Waals surface area contributed by atoms with Crippen molar-refractivity contribution < 1.29 is 9.13 Å². The molecule has 0 saturated carbocycles. The van der Waals surface area contributed by atoms with Gasteiger partial charge in [-0.2, -0.15) is 0 Å². The van der Waals surface area contributed by atoms with Crippen LogP contribution in [0.25, 0.3) is 0 Å². The van der Waals surface area contributed by atoms with Crippen LogP contribution < -0.4 is 10.1 Å². The molecule has 0 aliphatic carbocycles. The van der Waals surface area contributed by atoms with Gasteiger partial charge in [-0.05, 0) is 42.5 Å². The van der Waals surface area contributed by atoms with E-state index in [1.54, 1.807) is 12.1 Å². The highest BCUT2D eigenvalue weighted by Gasteiger charge is 2.30. The summed E-state index contributed by atoms with van der Waals surface area (Å²) in [5.74, 6) is 1.42. The number of hydrogen-bond acceptors (Lipinski definition) is 2. The summed E-state index contributed by atoms with van der Waals surface area (Å²) in [6.07, 6.45) is 2.06. The number of ether oxygens (including phenoxy) is 1. The zero-order chi connectivity index (χ0) is 16.0. The van der Waals surface area contributed by atoms with Crippen LogP contribution in [0, 0.1) is 11.2 Å². The van der Waals surface area contributed by atoms with Crippen molar-refractivity contribution >= 4 is 29.9 Å². The van der Waals surface area contributed by atoms with Crippen molar-refractivity contribution in [3.05, 3.63) is 30.1 Å². The largest absolute Gasteiger partial charge is 0.494 e. The van der Waals surface area contributed by atoms with E-state index in [1.807, 2.05) is 7.05 Å². The summed E-state index contributed by atoms with van der Waals surface area (Å²) in [6.45, 7) is 8.08. The molecule has 1 fully saturated rings. The third kappa shape index (κ3) is 6.53. The lowest BCUT2D eigenvalue weighted by atomic mass is 9.93. The Morgan fingerprint density at radius 3 is 2.61 bits per heavy atom. The molecule has 0 unspecified atom stereocenters. The summed E-state index contributed by atoms with van der Waals surface area (Å²) in [5, 5.41) is 3.38. The standard InChI is InChI=1S/C17H26FN3O.HI/c1-17(2)9-11-21(13-17)16(19-3)20-10-4-12-22-15-7-5-14(18)6-8-15;/h5-8H,4,9-13H2,1-3H3,(H,19,20);1H. The van der Waals surface area contributed by atoms with E-state index in [0.717, 1.165) is 32.0 Å². The van der Waals surface area contributed by atoms with Gasteiger partial charge in [-0.3, -0.25) is 4.99 Å². The average Bonchev–Trinajstić information content (AvgIpc) is 2.85. The molecule has 4 nitrogen and oxygen atoms in total. The van der Waals surface area contributed by atoms with Gasteiger partial charge in [-0.25, -0.2) is 4.39 Å². The number of halogens is 2. The van der Waals surface area contributed by atoms with Crippen molar-refractivity contribution in [2.75, 3.05) is 33.3 Å². The number of nitrogens with zero attached hydrogens (tertiary/aromatic N) is 2. The fraction of sp³-hybridized carbons (Fsp3) is 0.588. The molecule has 0 atom stereocenters. The zero-order valence-corrected chi connectivity index (χ0v) is 16.5.